The average Bonchev–Trinajstić information content (AvgIpc) is 3.71. The fraction of sp³-hybridized carbons (Fsp3) is 0.368. The molecule has 2 saturated heterocycles. The molecule has 0 atom stereocenters. The lowest BCUT2D eigenvalue weighted by Gasteiger charge is -2.53. The fourth-order valence-corrected chi connectivity index (χ4v) is 8.70. The number of benzene rings is 2. The first-order valence-corrected chi connectivity index (χ1v) is 17.7. The van der Waals surface area contributed by atoms with E-state index in [1.54, 1.807) is 36.1 Å². The molecular weight excluding hydrogens is 625 g/mol. The number of pyridine rings is 1. The monoisotopic (exact) mass is 662 g/mol. The summed E-state index contributed by atoms with van der Waals surface area (Å²) in [6.45, 7) is 6.00. The number of para-hydroxylation sites is 1. The van der Waals surface area contributed by atoms with Gasteiger partial charge in [0.1, 0.15) is 10.7 Å². The van der Waals surface area contributed by atoms with E-state index in [4.69, 9.17) is 14.5 Å². The van der Waals surface area contributed by atoms with Crippen molar-refractivity contribution in [1.29, 1.82) is 0 Å². The third-order valence-corrected chi connectivity index (χ3v) is 11.3. The Kier molecular flexibility index (Phi) is 8.00. The van der Waals surface area contributed by atoms with E-state index in [1.165, 1.54) is 11.3 Å². The van der Waals surface area contributed by atoms with Gasteiger partial charge in [0.2, 0.25) is 0 Å². The summed E-state index contributed by atoms with van der Waals surface area (Å²) in [4.78, 5) is 50.8. The van der Waals surface area contributed by atoms with Gasteiger partial charge in [-0.1, -0.05) is 18.2 Å². The van der Waals surface area contributed by atoms with E-state index >= 15 is 0 Å². The summed E-state index contributed by atoms with van der Waals surface area (Å²) in [6, 6.07) is 18.9. The van der Waals surface area contributed by atoms with Crippen LogP contribution in [0.2, 0.25) is 0 Å². The number of ether oxygens (including phenoxy) is 2. The van der Waals surface area contributed by atoms with Gasteiger partial charge in [-0.15, -0.1) is 11.3 Å². The Morgan fingerprint density at radius 2 is 1.77 bits per heavy atom. The van der Waals surface area contributed by atoms with Crippen LogP contribution in [0.15, 0.2) is 60.7 Å². The van der Waals surface area contributed by atoms with Crippen LogP contribution in [-0.2, 0) is 28.7 Å². The number of nitrogens with zero attached hydrogens (tertiary/aromatic N) is 3. The van der Waals surface area contributed by atoms with Crippen LogP contribution in [0.5, 0.6) is 0 Å². The number of thiophene rings is 1. The molecule has 48 heavy (non-hydrogen) atoms. The Hall–Kier alpha value is -4.54. The van der Waals surface area contributed by atoms with Crippen molar-refractivity contribution in [3.63, 3.8) is 0 Å². The van der Waals surface area contributed by atoms with Crippen molar-refractivity contribution >= 4 is 46.3 Å². The molecule has 1 N–H and O–H groups in total. The molecule has 3 aliphatic heterocycles. The number of esters is 1. The van der Waals surface area contributed by atoms with Crippen LogP contribution in [0.1, 0.15) is 73.4 Å². The number of anilines is 3. The topological polar surface area (TPSA) is 101 Å². The first-order valence-electron chi connectivity index (χ1n) is 16.9. The molecule has 246 valence electrons. The van der Waals surface area contributed by atoms with Crippen molar-refractivity contribution in [2.75, 3.05) is 54.6 Å². The number of aryl methyl sites for hydroxylation is 2. The molecule has 5 heterocycles. The number of amides is 2. The zero-order valence-electron chi connectivity index (χ0n) is 27.0. The summed E-state index contributed by atoms with van der Waals surface area (Å²) in [7, 11) is 0. The molecule has 2 aromatic heterocycles. The fourth-order valence-electron chi connectivity index (χ4n) is 7.56. The van der Waals surface area contributed by atoms with Gasteiger partial charge in [-0.25, -0.2) is 9.78 Å². The minimum Gasteiger partial charge on any atom is -0.462 e. The third-order valence-electron chi connectivity index (χ3n) is 10.1. The summed E-state index contributed by atoms with van der Waals surface area (Å²) in [5, 5.41) is 3.08. The lowest BCUT2D eigenvalue weighted by molar-refractivity contribution is -0.000522. The summed E-state index contributed by atoms with van der Waals surface area (Å²) >= 11 is 1.41. The van der Waals surface area contributed by atoms with E-state index in [1.807, 2.05) is 36.4 Å². The number of fused-ring (bicyclic) bond motifs is 4. The Morgan fingerprint density at radius 3 is 2.56 bits per heavy atom. The predicted octanol–water partition coefficient (Wildman–Crippen LogP) is 6.55. The zero-order chi connectivity index (χ0) is 32.8. The lowest BCUT2D eigenvalue weighted by Crippen LogP contribution is -2.59. The van der Waals surface area contributed by atoms with Crippen molar-refractivity contribution in [1.82, 2.24) is 4.98 Å². The van der Waals surface area contributed by atoms with Gasteiger partial charge in [-0.2, -0.15) is 0 Å². The molecule has 4 aliphatic rings. The van der Waals surface area contributed by atoms with Gasteiger partial charge in [0.15, 0.2) is 0 Å². The smallest absolute Gasteiger partial charge is 0.348 e. The molecule has 0 bridgehead atoms. The SMILES string of the molecule is CCOC(=O)c1cc2c(s1)-c1ccccc1N(C(=O)c1ccc(NC(=O)c3cc4c(nc3N3CC5(CCOCC5)C3)CCC4)cc1)CC2. The van der Waals surface area contributed by atoms with Gasteiger partial charge in [-0.05, 0) is 99.0 Å². The van der Waals surface area contributed by atoms with Crippen molar-refractivity contribution < 1.29 is 23.9 Å². The summed E-state index contributed by atoms with van der Waals surface area (Å²) in [6.07, 6.45) is 5.68. The van der Waals surface area contributed by atoms with Gasteiger partial charge in [0.05, 0.1) is 17.9 Å². The van der Waals surface area contributed by atoms with Gasteiger partial charge < -0.3 is 24.6 Å². The summed E-state index contributed by atoms with van der Waals surface area (Å²) < 4.78 is 10.8. The predicted molar refractivity (Wildman–Crippen MR) is 186 cm³/mol. The van der Waals surface area contributed by atoms with Crippen LogP contribution >= 0.6 is 11.3 Å². The summed E-state index contributed by atoms with van der Waals surface area (Å²) in [5.41, 5.74) is 7.06. The maximum atomic E-state index is 13.9. The maximum Gasteiger partial charge on any atom is 0.348 e. The quantitative estimate of drug-likeness (QED) is 0.234. The minimum absolute atomic E-state index is 0.119. The van der Waals surface area contributed by atoms with Gasteiger partial charge in [0.25, 0.3) is 11.8 Å². The number of hydrogen-bond acceptors (Lipinski definition) is 8. The molecule has 2 amide bonds. The van der Waals surface area contributed by atoms with Gasteiger partial charge >= 0.3 is 5.97 Å². The highest BCUT2D eigenvalue weighted by Gasteiger charge is 2.45. The number of nitrogens with one attached hydrogen (secondary N) is 1. The molecule has 8 rings (SSSR count). The van der Waals surface area contributed by atoms with Crippen LogP contribution in [0.4, 0.5) is 17.2 Å². The number of carbonyl (C=O) groups excluding carboxylic acids is 3. The van der Waals surface area contributed by atoms with E-state index in [-0.39, 0.29) is 23.2 Å². The Balaban J connectivity index is 1.00. The minimum atomic E-state index is -0.319. The Morgan fingerprint density at radius 1 is 0.979 bits per heavy atom. The molecule has 0 saturated carbocycles. The molecule has 2 aromatic carbocycles. The van der Waals surface area contributed by atoms with Crippen molar-refractivity contribution in [3.05, 3.63) is 93.5 Å². The molecular formula is C38H38N4O5S. The van der Waals surface area contributed by atoms with E-state index in [0.29, 0.717) is 41.3 Å². The van der Waals surface area contributed by atoms with E-state index in [2.05, 4.69) is 10.2 Å². The molecule has 2 fully saturated rings. The molecule has 1 aliphatic carbocycles. The third kappa shape index (κ3) is 5.56. The van der Waals surface area contributed by atoms with Crippen LogP contribution in [-0.4, -0.2) is 62.2 Å². The van der Waals surface area contributed by atoms with Gasteiger partial charge in [-0.3, -0.25) is 9.59 Å². The van der Waals surface area contributed by atoms with Crippen molar-refractivity contribution in [2.24, 2.45) is 5.41 Å². The molecule has 10 heteroatoms. The van der Waals surface area contributed by atoms with Crippen LogP contribution < -0.4 is 15.1 Å². The van der Waals surface area contributed by atoms with E-state index in [9.17, 15) is 14.4 Å². The average molecular weight is 663 g/mol. The maximum absolute atomic E-state index is 13.9. The van der Waals surface area contributed by atoms with Crippen LogP contribution in [0, 0.1) is 5.41 Å². The van der Waals surface area contributed by atoms with Gasteiger partial charge in [0, 0.05) is 65.6 Å². The molecule has 0 unspecified atom stereocenters. The number of aromatic nitrogens is 1. The molecule has 4 aromatic rings. The highest BCUT2D eigenvalue weighted by Crippen LogP contribution is 2.44. The zero-order valence-corrected chi connectivity index (χ0v) is 27.9. The van der Waals surface area contributed by atoms with Crippen molar-refractivity contribution in [3.8, 4) is 10.4 Å². The molecule has 9 nitrogen and oxygen atoms in total. The second-order valence-corrected chi connectivity index (χ2v) is 14.3. The van der Waals surface area contributed by atoms with Crippen LogP contribution in [0.25, 0.3) is 10.4 Å². The number of hydrogen-bond donors (Lipinski definition) is 1. The second kappa shape index (κ2) is 12.5. The Bertz CT molecular complexity index is 1900. The number of carbonyl (C=O) groups is 3. The highest BCUT2D eigenvalue weighted by atomic mass is 32.1. The second-order valence-electron chi connectivity index (χ2n) is 13.2. The number of rotatable bonds is 6. The lowest BCUT2D eigenvalue weighted by atomic mass is 9.73. The highest BCUT2D eigenvalue weighted by molar-refractivity contribution is 7.17. The first kappa shape index (κ1) is 30.8. The molecule has 1 spiro atoms. The van der Waals surface area contributed by atoms with E-state index in [0.717, 1.165) is 97.2 Å². The van der Waals surface area contributed by atoms with E-state index < -0.39 is 0 Å². The normalized spacial score (nSPS) is 17.5. The molecule has 0 radical (unpaired) electrons. The largest absolute Gasteiger partial charge is 0.462 e. The van der Waals surface area contributed by atoms with Crippen LogP contribution in [0.3, 0.4) is 0 Å². The standard InChI is InChI=1S/C38H38N4O5S/c1-2-47-37(45)32-21-26-14-17-42(31-9-4-3-7-28(31)33(26)48-32)36(44)24-10-12-27(13-11-24)39-35(43)29-20-25-6-5-8-30(25)40-34(29)41-22-38(23-41)15-18-46-19-16-38/h3-4,7,9-13,20-21H,2,5-6,8,14-19,22-23H2,1H3,(H,39,43). The summed E-state index contributed by atoms with van der Waals surface area (Å²) in [5.74, 6) is 0.153. The Labute approximate surface area is 283 Å². The first-order chi connectivity index (χ1) is 23.4. The van der Waals surface area contributed by atoms with Crippen molar-refractivity contribution in [2.45, 2.75) is 45.4 Å².